The van der Waals surface area contributed by atoms with Crippen LogP contribution in [0.25, 0.3) is 0 Å². The molecule has 2 N–H and O–H groups in total. The van der Waals surface area contributed by atoms with E-state index in [1.165, 1.54) is 12.1 Å². The number of halogens is 1. The van der Waals surface area contributed by atoms with Gasteiger partial charge in [-0.1, -0.05) is 6.07 Å². The first-order valence-corrected chi connectivity index (χ1v) is 9.65. The largest absolute Gasteiger partial charge is 0.454 e. The summed E-state index contributed by atoms with van der Waals surface area (Å²) in [4.78, 5) is 6.18. The molecule has 142 valence electrons. The quantitative estimate of drug-likeness (QED) is 0.813. The molecule has 2 aliphatic rings. The SMILES string of the molecule is O=S(=O)(NC1=NCN(Cc2ccc3c(c2)OCO3)CN1)c1ccc(F)cc1. The number of guanidine groups is 1. The number of fused-ring (bicyclic) bond motifs is 1. The van der Waals surface area contributed by atoms with Crippen molar-refractivity contribution in [1.82, 2.24) is 14.9 Å². The Morgan fingerprint density at radius 3 is 2.67 bits per heavy atom. The molecule has 2 aromatic rings. The average Bonchev–Trinajstić information content (AvgIpc) is 3.11. The maximum atomic E-state index is 13.0. The third-order valence-electron chi connectivity index (χ3n) is 4.10. The highest BCUT2D eigenvalue weighted by atomic mass is 32.2. The Morgan fingerprint density at radius 1 is 1.15 bits per heavy atom. The normalized spacial score (nSPS) is 16.6. The van der Waals surface area contributed by atoms with Crippen molar-refractivity contribution in [2.45, 2.75) is 11.4 Å². The van der Waals surface area contributed by atoms with Gasteiger partial charge in [0.25, 0.3) is 10.0 Å². The smallest absolute Gasteiger partial charge is 0.264 e. The molecule has 4 rings (SSSR count). The summed E-state index contributed by atoms with van der Waals surface area (Å²) >= 11 is 0. The molecule has 0 spiro atoms. The summed E-state index contributed by atoms with van der Waals surface area (Å²) in [6.45, 7) is 1.58. The third-order valence-corrected chi connectivity index (χ3v) is 5.45. The van der Waals surface area contributed by atoms with Crippen LogP contribution in [-0.4, -0.2) is 39.4 Å². The minimum Gasteiger partial charge on any atom is -0.454 e. The van der Waals surface area contributed by atoms with Crippen LogP contribution < -0.4 is 19.5 Å². The number of nitrogens with one attached hydrogen (secondary N) is 2. The minimum atomic E-state index is -3.82. The van der Waals surface area contributed by atoms with Gasteiger partial charge in [0, 0.05) is 6.54 Å². The van der Waals surface area contributed by atoms with Crippen LogP contribution in [0.4, 0.5) is 4.39 Å². The Balaban J connectivity index is 1.37. The predicted octanol–water partition coefficient (Wildman–Crippen LogP) is 1.21. The molecule has 2 aromatic carbocycles. The second-order valence-corrected chi connectivity index (χ2v) is 7.74. The van der Waals surface area contributed by atoms with Gasteiger partial charge in [0.15, 0.2) is 11.5 Å². The molecule has 8 nitrogen and oxygen atoms in total. The van der Waals surface area contributed by atoms with Crippen molar-refractivity contribution in [1.29, 1.82) is 0 Å². The number of hydrogen-bond donors (Lipinski definition) is 2. The van der Waals surface area contributed by atoms with Crippen LogP contribution in [0.5, 0.6) is 11.5 Å². The molecular weight excluding hydrogens is 375 g/mol. The predicted molar refractivity (Wildman–Crippen MR) is 95.1 cm³/mol. The van der Waals surface area contributed by atoms with Gasteiger partial charge in [0.2, 0.25) is 12.8 Å². The number of rotatable bonds is 4. The number of hydrogen-bond acceptors (Lipinski definition) is 7. The summed E-state index contributed by atoms with van der Waals surface area (Å²) in [7, 11) is -3.82. The third kappa shape index (κ3) is 3.96. The Morgan fingerprint density at radius 2 is 1.93 bits per heavy atom. The van der Waals surface area contributed by atoms with E-state index in [0.717, 1.165) is 23.4 Å². The first-order valence-electron chi connectivity index (χ1n) is 8.17. The van der Waals surface area contributed by atoms with Crippen molar-refractivity contribution < 1.29 is 22.3 Å². The van der Waals surface area contributed by atoms with Crippen LogP contribution in [0, 0.1) is 5.82 Å². The fraction of sp³-hybridized carbons (Fsp3) is 0.235. The maximum absolute atomic E-state index is 13.0. The van der Waals surface area contributed by atoms with Gasteiger partial charge in [0.1, 0.15) is 5.82 Å². The van der Waals surface area contributed by atoms with Crippen LogP contribution in [0.1, 0.15) is 5.56 Å². The highest BCUT2D eigenvalue weighted by Gasteiger charge is 2.20. The van der Waals surface area contributed by atoms with E-state index in [1.807, 2.05) is 23.1 Å². The Kier molecular flexibility index (Phi) is 4.58. The zero-order valence-electron chi connectivity index (χ0n) is 14.2. The Hall–Kier alpha value is -2.85. The van der Waals surface area contributed by atoms with Crippen molar-refractivity contribution in [2.24, 2.45) is 4.99 Å². The number of benzene rings is 2. The summed E-state index contributed by atoms with van der Waals surface area (Å²) in [6.07, 6.45) is 0. The molecule has 2 heterocycles. The fourth-order valence-electron chi connectivity index (χ4n) is 2.74. The number of nitrogens with zero attached hydrogens (tertiary/aromatic N) is 2. The van der Waals surface area contributed by atoms with Gasteiger partial charge in [-0.2, -0.15) is 0 Å². The van der Waals surface area contributed by atoms with Crippen molar-refractivity contribution in [3.63, 3.8) is 0 Å². The van der Waals surface area contributed by atoms with E-state index >= 15 is 0 Å². The van der Waals surface area contributed by atoms with Crippen molar-refractivity contribution in [3.8, 4) is 11.5 Å². The zero-order valence-corrected chi connectivity index (χ0v) is 15.0. The summed E-state index contributed by atoms with van der Waals surface area (Å²) in [5.41, 5.74) is 1.03. The number of sulfonamides is 1. The summed E-state index contributed by atoms with van der Waals surface area (Å²) < 4.78 is 50.6. The number of aliphatic imine (C=N–C) groups is 1. The molecule has 0 unspecified atom stereocenters. The minimum absolute atomic E-state index is 0.0313. The molecule has 2 aliphatic heterocycles. The van der Waals surface area contributed by atoms with Crippen LogP contribution >= 0.6 is 0 Å². The second-order valence-electron chi connectivity index (χ2n) is 6.06. The topological polar surface area (TPSA) is 92.3 Å². The molecule has 0 saturated heterocycles. The van der Waals surface area contributed by atoms with Gasteiger partial charge in [-0.3, -0.25) is 4.90 Å². The van der Waals surface area contributed by atoms with E-state index in [0.29, 0.717) is 25.6 Å². The van der Waals surface area contributed by atoms with E-state index in [4.69, 9.17) is 9.47 Å². The van der Waals surface area contributed by atoms with Crippen LogP contribution in [-0.2, 0) is 16.6 Å². The van der Waals surface area contributed by atoms with Gasteiger partial charge in [0.05, 0.1) is 18.2 Å². The lowest BCUT2D eigenvalue weighted by molar-refractivity contribution is 0.174. The van der Waals surface area contributed by atoms with Crippen LogP contribution in [0.2, 0.25) is 0 Å². The van der Waals surface area contributed by atoms with Crippen molar-refractivity contribution in [3.05, 3.63) is 53.8 Å². The molecule has 0 aliphatic carbocycles. The molecule has 0 amide bonds. The first-order chi connectivity index (χ1) is 13.0. The summed E-state index contributed by atoms with van der Waals surface area (Å²) in [5.74, 6) is 1.10. The molecule has 0 atom stereocenters. The zero-order chi connectivity index (χ0) is 18.9. The van der Waals surface area contributed by atoms with Crippen LogP contribution in [0.3, 0.4) is 0 Å². The van der Waals surface area contributed by atoms with Crippen molar-refractivity contribution in [2.75, 3.05) is 20.1 Å². The first kappa shape index (κ1) is 17.6. The highest BCUT2D eigenvalue weighted by molar-refractivity contribution is 7.90. The Bertz CT molecular complexity index is 979. The lowest BCUT2D eigenvalue weighted by atomic mass is 10.2. The molecule has 27 heavy (non-hydrogen) atoms. The molecule has 10 heteroatoms. The van der Waals surface area contributed by atoms with E-state index < -0.39 is 15.8 Å². The maximum Gasteiger partial charge on any atom is 0.264 e. The average molecular weight is 392 g/mol. The molecular formula is C17H17FN4O4S. The Labute approximate surface area is 155 Å². The highest BCUT2D eigenvalue weighted by Crippen LogP contribution is 2.32. The van der Waals surface area contributed by atoms with Gasteiger partial charge in [-0.15, -0.1) is 0 Å². The summed E-state index contributed by atoms with van der Waals surface area (Å²) in [6, 6.07) is 10.3. The van der Waals surface area contributed by atoms with Gasteiger partial charge in [-0.05, 0) is 42.0 Å². The standard InChI is InChI=1S/C17H17FN4O4S/c18-13-2-4-14(5-3-13)27(23,24)21-17-19-9-22(10-20-17)8-12-1-6-15-16(7-12)26-11-25-15/h1-7H,8-11H2,(H2,19,20,21). The molecule has 0 fully saturated rings. The fourth-order valence-corrected chi connectivity index (χ4v) is 3.74. The van der Waals surface area contributed by atoms with E-state index in [-0.39, 0.29) is 17.6 Å². The monoisotopic (exact) mass is 392 g/mol. The van der Waals surface area contributed by atoms with Gasteiger partial charge < -0.3 is 14.8 Å². The lowest BCUT2D eigenvalue weighted by Gasteiger charge is -2.27. The van der Waals surface area contributed by atoms with Gasteiger partial charge >= 0.3 is 0 Å². The molecule has 0 aromatic heterocycles. The molecule has 0 bridgehead atoms. The van der Waals surface area contributed by atoms with Crippen LogP contribution in [0.15, 0.2) is 52.4 Å². The molecule has 0 radical (unpaired) electrons. The van der Waals surface area contributed by atoms with E-state index in [2.05, 4.69) is 15.0 Å². The second kappa shape index (κ2) is 7.05. The summed E-state index contributed by atoms with van der Waals surface area (Å²) in [5, 5.41) is 2.93. The van der Waals surface area contributed by atoms with E-state index in [1.54, 1.807) is 0 Å². The van der Waals surface area contributed by atoms with E-state index in [9.17, 15) is 12.8 Å². The van der Waals surface area contributed by atoms with Crippen molar-refractivity contribution >= 4 is 16.0 Å². The van der Waals surface area contributed by atoms with Gasteiger partial charge in [-0.25, -0.2) is 22.5 Å². The lowest BCUT2D eigenvalue weighted by Crippen LogP contribution is -2.49. The molecule has 0 saturated carbocycles. The number of ether oxygens (including phenoxy) is 2.